The summed E-state index contributed by atoms with van der Waals surface area (Å²) in [5, 5.41) is 0. The van der Waals surface area contributed by atoms with E-state index in [0.29, 0.717) is 5.69 Å². The van der Waals surface area contributed by atoms with Gasteiger partial charge in [0.25, 0.3) is 0 Å². The van der Waals surface area contributed by atoms with Crippen LogP contribution in [0.4, 0.5) is 5.69 Å². The molecule has 0 amide bonds. The Kier molecular flexibility index (Phi) is 8.81. The third-order valence-corrected chi connectivity index (χ3v) is 10.4. The number of benzene rings is 3. The van der Waals surface area contributed by atoms with Crippen molar-refractivity contribution in [3.8, 4) is 5.69 Å². The second-order valence-corrected chi connectivity index (χ2v) is 15.1. The Morgan fingerprint density at radius 2 is 0.878 bits per heavy atom. The van der Waals surface area contributed by atoms with Crippen molar-refractivity contribution in [2.45, 2.75) is 90.9 Å². The predicted molar refractivity (Wildman–Crippen MR) is 194 cm³/mol. The second kappa shape index (κ2) is 12.6. The zero-order valence-corrected chi connectivity index (χ0v) is 30.3. The molecule has 4 aromatic rings. The number of Topliss-reactive ketones (excluding diaryl/α,β-unsaturated/α-hetero) is 4. The fourth-order valence-electron chi connectivity index (χ4n) is 7.93. The van der Waals surface area contributed by atoms with Gasteiger partial charge < -0.3 is 4.90 Å². The molecule has 49 heavy (non-hydrogen) atoms. The number of anilines is 1. The molecule has 6 heteroatoms. The summed E-state index contributed by atoms with van der Waals surface area (Å²) >= 11 is 0. The fraction of sp³-hybridized carbons (Fsp3) is 0.372. The average molecular weight is 656 g/mol. The third-order valence-electron chi connectivity index (χ3n) is 10.4. The Labute approximate surface area is 290 Å². The molecule has 6 nitrogen and oxygen atoms in total. The van der Waals surface area contributed by atoms with Crippen molar-refractivity contribution in [3.63, 3.8) is 0 Å². The standard InChI is InChI=1S/C43H47N2O4/c1-22(2)27-13-11-14-28(23(3)4)33(27)37-40(46)31-21-32-36(39(35(31)42(37)48)45-19-17-26(18-20-45)44(9)10)43(49)38(41(32)47)34-29(24(5)6)15-12-16-30(34)25(7)8/h11-25,37-38H,1-10H3/q+1. The minimum absolute atomic E-state index is 0.0792. The van der Waals surface area contributed by atoms with Crippen LogP contribution >= 0.6 is 0 Å². The lowest BCUT2D eigenvalue weighted by atomic mass is 9.79. The van der Waals surface area contributed by atoms with Crippen molar-refractivity contribution in [2.24, 2.45) is 0 Å². The zero-order chi connectivity index (χ0) is 35.6. The smallest absolute Gasteiger partial charge is 0.233 e. The number of aromatic nitrogens is 1. The summed E-state index contributed by atoms with van der Waals surface area (Å²) in [5.41, 5.74) is 7.45. The van der Waals surface area contributed by atoms with E-state index in [1.54, 1.807) is 10.6 Å². The number of nitrogens with zero attached hydrogens (tertiary/aromatic N) is 2. The summed E-state index contributed by atoms with van der Waals surface area (Å²) < 4.78 is 1.75. The molecule has 0 radical (unpaired) electrons. The van der Waals surface area contributed by atoms with Gasteiger partial charge in [0.15, 0.2) is 35.5 Å². The number of hydrogen-bond acceptors (Lipinski definition) is 5. The maximum absolute atomic E-state index is 14.9. The Morgan fingerprint density at radius 1 is 0.531 bits per heavy atom. The van der Waals surface area contributed by atoms with Gasteiger partial charge in [-0.3, -0.25) is 19.2 Å². The molecule has 2 atom stereocenters. The number of hydrogen-bond donors (Lipinski definition) is 0. The molecule has 0 saturated heterocycles. The van der Waals surface area contributed by atoms with Crippen molar-refractivity contribution >= 4 is 28.8 Å². The highest BCUT2D eigenvalue weighted by molar-refractivity contribution is 6.36. The molecule has 0 fully saturated rings. The van der Waals surface area contributed by atoms with Gasteiger partial charge in [-0.25, -0.2) is 0 Å². The van der Waals surface area contributed by atoms with Crippen LogP contribution < -0.4 is 9.47 Å². The van der Waals surface area contributed by atoms with Crippen LogP contribution in [-0.2, 0) is 0 Å². The van der Waals surface area contributed by atoms with E-state index in [2.05, 4.69) is 55.4 Å². The van der Waals surface area contributed by atoms with Crippen molar-refractivity contribution < 1.29 is 23.7 Å². The third kappa shape index (κ3) is 5.36. The van der Waals surface area contributed by atoms with E-state index in [-0.39, 0.29) is 69.1 Å². The van der Waals surface area contributed by atoms with Crippen LogP contribution in [0.25, 0.3) is 5.69 Å². The maximum Gasteiger partial charge on any atom is 0.233 e. The monoisotopic (exact) mass is 655 g/mol. The van der Waals surface area contributed by atoms with Gasteiger partial charge >= 0.3 is 0 Å². The molecule has 0 saturated carbocycles. The highest BCUT2D eigenvalue weighted by Gasteiger charge is 2.52. The van der Waals surface area contributed by atoms with Gasteiger partial charge in [0.2, 0.25) is 5.69 Å². The Hall–Kier alpha value is -4.71. The van der Waals surface area contributed by atoms with E-state index in [1.165, 1.54) is 0 Å². The van der Waals surface area contributed by atoms with E-state index in [0.717, 1.165) is 39.1 Å². The van der Waals surface area contributed by atoms with Gasteiger partial charge in [0.1, 0.15) is 23.0 Å². The lowest BCUT2D eigenvalue weighted by molar-refractivity contribution is -0.595. The normalized spacial score (nSPS) is 17.3. The first-order valence-corrected chi connectivity index (χ1v) is 17.5. The summed E-state index contributed by atoms with van der Waals surface area (Å²) in [6.45, 7) is 16.6. The molecule has 3 aromatic carbocycles. The van der Waals surface area contributed by atoms with E-state index >= 15 is 0 Å². The lowest BCUT2D eigenvalue weighted by Crippen LogP contribution is -2.35. The molecule has 2 aliphatic rings. The summed E-state index contributed by atoms with van der Waals surface area (Å²) in [6.07, 6.45) is 3.62. The molecule has 1 aromatic heterocycles. The number of pyridine rings is 1. The van der Waals surface area contributed by atoms with Gasteiger partial charge in [0.05, 0.1) is 0 Å². The van der Waals surface area contributed by atoms with Crippen molar-refractivity contribution in [2.75, 3.05) is 19.0 Å². The Balaban J connectivity index is 1.65. The van der Waals surface area contributed by atoms with Crippen molar-refractivity contribution in [1.82, 2.24) is 0 Å². The SMILES string of the molecule is CC(C)c1cccc(C(C)C)c1C1C(=O)c2cc3c(c(-[n+]4ccc(N(C)C)cc4)c2C1=O)C(=O)C(c1c(C(C)C)cccc1C(C)C)C3=O. The minimum atomic E-state index is -1.05. The molecule has 2 aliphatic carbocycles. The molecule has 0 spiro atoms. The quantitative estimate of drug-likeness (QED) is 0.140. The first kappa shape index (κ1) is 34.2. The first-order chi connectivity index (χ1) is 23.2. The Morgan fingerprint density at radius 3 is 1.18 bits per heavy atom. The average Bonchev–Trinajstić information content (AvgIpc) is 3.46. The number of carbonyl (C=O) groups is 4. The maximum atomic E-state index is 14.9. The number of rotatable bonds is 8. The first-order valence-electron chi connectivity index (χ1n) is 17.5. The molecular formula is C43H47N2O4+. The van der Waals surface area contributed by atoms with Gasteiger partial charge in [-0.1, -0.05) is 91.8 Å². The second-order valence-electron chi connectivity index (χ2n) is 15.1. The van der Waals surface area contributed by atoms with Gasteiger partial charge in [-0.2, -0.15) is 4.57 Å². The van der Waals surface area contributed by atoms with E-state index < -0.39 is 11.8 Å². The molecule has 0 bridgehead atoms. The fourth-order valence-corrected chi connectivity index (χ4v) is 7.93. The molecule has 252 valence electrons. The summed E-state index contributed by atoms with van der Waals surface area (Å²) in [7, 11) is 3.88. The molecule has 2 unspecified atom stereocenters. The van der Waals surface area contributed by atoms with Crippen LogP contribution in [0.2, 0.25) is 0 Å². The van der Waals surface area contributed by atoms with E-state index in [4.69, 9.17) is 0 Å². The van der Waals surface area contributed by atoms with Crippen molar-refractivity contribution in [3.05, 3.63) is 123 Å². The van der Waals surface area contributed by atoms with Crippen LogP contribution in [0.5, 0.6) is 0 Å². The zero-order valence-electron chi connectivity index (χ0n) is 30.3. The summed E-state index contributed by atoms with van der Waals surface area (Å²) in [5.74, 6) is -3.08. The molecule has 0 N–H and O–H groups in total. The number of fused-ring (bicyclic) bond motifs is 2. The number of ketones is 4. The molecule has 0 aliphatic heterocycles. The topological polar surface area (TPSA) is 75.4 Å². The molecule has 1 heterocycles. The highest BCUT2D eigenvalue weighted by atomic mass is 16.2. The molecule has 6 rings (SSSR count). The van der Waals surface area contributed by atoms with Crippen LogP contribution in [0.3, 0.4) is 0 Å². The van der Waals surface area contributed by atoms with Gasteiger partial charge in [-0.15, -0.1) is 0 Å². The number of carbonyl (C=O) groups excluding carboxylic acids is 4. The highest BCUT2D eigenvalue weighted by Crippen LogP contribution is 2.48. The van der Waals surface area contributed by atoms with Crippen LogP contribution in [0, 0.1) is 0 Å². The summed E-state index contributed by atoms with van der Waals surface area (Å²) in [6, 6.07) is 17.4. The largest absolute Gasteiger partial charge is 0.377 e. The van der Waals surface area contributed by atoms with E-state index in [1.807, 2.05) is 79.9 Å². The summed E-state index contributed by atoms with van der Waals surface area (Å²) in [4.78, 5) is 61.1. The molecular weight excluding hydrogens is 608 g/mol. The van der Waals surface area contributed by atoms with Crippen LogP contribution in [-0.4, -0.2) is 37.2 Å². The van der Waals surface area contributed by atoms with Crippen LogP contribution in [0.1, 0.15) is 166 Å². The van der Waals surface area contributed by atoms with Crippen molar-refractivity contribution in [1.29, 1.82) is 0 Å². The van der Waals surface area contributed by atoms with Crippen LogP contribution in [0.15, 0.2) is 67.0 Å². The Bertz CT molecular complexity index is 1860. The van der Waals surface area contributed by atoms with Gasteiger partial charge in [0, 0.05) is 43.0 Å². The predicted octanol–water partition coefficient (Wildman–Crippen LogP) is 8.85. The van der Waals surface area contributed by atoms with E-state index in [9.17, 15) is 19.2 Å². The lowest BCUT2D eigenvalue weighted by Gasteiger charge is -2.23. The minimum Gasteiger partial charge on any atom is -0.377 e. The van der Waals surface area contributed by atoms with Gasteiger partial charge in [-0.05, 0) is 63.1 Å².